The first kappa shape index (κ1) is 12.5. The van der Waals surface area contributed by atoms with Crippen LogP contribution in [0.25, 0.3) is 0 Å². The van der Waals surface area contributed by atoms with Crippen molar-refractivity contribution < 1.29 is 0 Å². The van der Waals surface area contributed by atoms with Gasteiger partial charge in [-0.05, 0) is 31.4 Å². The summed E-state index contributed by atoms with van der Waals surface area (Å²) in [7, 11) is 2.02. The topological polar surface area (TPSA) is 39.9 Å². The van der Waals surface area contributed by atoms with Crippen molar-refractivity contribution in [3.63, 3.8) is 0 Å². The van der Waals surface area contributed by atoms with E-state index >= 15 is 0 Å². The molecule has 0 aromatic carbocycles. The first-order chi connectivity index (χ1) is 7.56. The molecule has 3 nitrogen and oxygen atoms in total. The van der Waals surface area contributed by atoms with Crippen LogP contribution in [0.2, 0.25) is 0 Å². The van der Waals surface area contributed by atoms with E-state index in [1.165, 1.54) is 0 Å². The van der Waals surface area contributed by atoms with E-state index in [0.29, 0.717) is 17.7 Å². The quantitative estimate of drug-likeness (QED) is 0.778. The van der Waals surface area contributed by atoms with Gasteiger partial charge in [-0.25, -0.2) is 4.98 Å². The Morgan fingerprint density at radius 3 is 2.69 bits per heavy atom. The van der Waals surface area contributed by atoms with Gasteiger partial charge in [0, 0.05) is 19.3 Å². The van der Waals surface area contributed by atoms with E-state index < -0.39 is 0 Å². The van der Waals surface area contributed by atoms with E-state index in [1.807, 2.05) is 19.2 Å². The van der Waals surface area contributed by atoms with Gasteiger partial charge >= 0.3 is 0 Å². The van der Waals surface area contributed by atoms with E-state index in [0.717, 1.165) is 12.1 Å². The zero-order valence-electron chi connectivity index (χ0n) is 10.4. The lowest BCUT2D eigenvalue weighted by Crippen LogP contribution is -2.30. The van der Waals surface area contributed by atoms with Crippen LogP contribution in [0.4, 0.5) is 5.69 Å². The SMILES string of the molecule is CC(C)CC(C)N(C)c1cccnc1C#N. The maximum absolute atomic E-state index is 8.99. The van der Waals surface area contributed by atoms with Crippen molar-refractivity contribution in [1.82, 2.24) is 4.98 Å². The lowest BCUT2D eigenvalue weighted by Gasteiger charge is -2.28. The van der Waals surface area contributed by atoms with Gasteiger partial charge in [0.25, 0.3) is 0 Å². The van der Waals surface area contributed by atoms with Crippen LogP contribution in [-0.4, -0.2) is 18.1 Å². The lowest BCUT2D eigenvalue weighted by atomic mass is 10.0. The van der Waals surface area contributed by atoms with Gasteiger partial charge in [-0.3, -0.25) is 0 Å². The first-order valence-electron chi connectivity index (χ1n) is 5.64. The zero-order chi connectivity index (χ0) is 12.1. The van der Waals surface area contributed by atoms with Crippen molar-refractivity contribution in [2.24, 2.45) is 5.92 Å². The summed E-state index contributed by atoms with van der Waals surface area (Å²) >= 11 is 0. The molecular formula is C13H19N3. The third kappa shape index (κ3) is 2.96. The number of hydrogen-bond acceptors (Lipinski definition) is 3. The predicted molar refractivity (Wildman–Crippen MR) is 66.3 cm³/mol. The molecule has 1 aromatic heterocycles. The summed E-state index contributed by atoms with van der Waals surface area (Å²) in [6, 6.07) is 6.36. The molecule has 16 heavy (non-hydrogen) atoms. The average molecular weight is 217 g/mol. The van der Waals surface area contributed by atoms with Crippen molar-refractivity contribution in [1.29, 1.82) is 5.26 Å². The van der Waals surface area contributed by atoms with Crippen LogP contribution in [0, 0.1) is 17.2 Å². The number of hydrogen-bond donors (Lipinski definition) is 0. The Hall–Kier alpha value is -1.56. The molecule has 0 aliphatic rings. The average Bonchev–Trinajstić information content (AvgIpc) is 2.27. The molecule has 0 aliphatic heterocycles. The van der Waals surface area contributed by atoms with E-state index in [9.17, 15) is 0 Å². The van der Waals surface area contributed by atoms with Gasteiger partial charge in [0.15, 0.2) is 5.69 Å². The fourth-order valence-corrected chi connectivity index (χ4v) is 1.85. The molecule has 0 bridgehead atoms. The standard InChI is InChI=1S/C13H19N3/c1-10(2)8-11(3)16(4)13-6-5-7-15-12(13)9-14/h5-7,10-11H,8H2,1-4H3. The van der Waals surface area contributed by atoms with E-state index in [1.54, 1.807) is 6.20 Å². The highest BCUT2D eigenvalue weighted by Gasteiger charge is 2.14. The first-order valence-corrected chi connectivity index (χ1v) is 5.64. The smallest absolute Gasteiger partial charge is 0.163 e. The Balaban J connectivity index is 2.88. The Labute approximate surface area is 97.7 Å². The molecular weight excluding hydrogens is 198 g/mol. The molecule has 3 heteroatoms. The summed E-state index contributed by atoms with van der Waals surface area (Å²) in [5.74, 6) is 0.652. The van der Waals surface area contributed by atoms with Crippen molar-refractivity contribution in [2.75, 3.05) is 11.9 Å². The van der Waals surface area contributed by atoms with Crippen LogP contribution in [0.1, 0.15) is 32.9 Å². The molecule has 0 spiro atoms. The maximum Gasteiger partial charge on any atom is 0.163 e. The van der Waals surface area contributed by atoms with Crippen molar-refractivity contribution in [2.45, 2.75) is 33.2 Å². The molecule has 0 saturated heterocycles. The molecule has 0 aliphatic carbocycles. The summed E-state index contributed by atoms with van der Waals surface area (Å²) in [4.78, 5) is 6.21. The molecule has 0 saturated carbocycles. The Morgan fingerprint density at radius 1 is 1.44 bits per heavy atom. The van der Waals surface area contributed by atoms with E-state index in [2.05, 4.69) is 36.7 Å². The van der Waals surface area contributed by atoms with Crippen LogP contribution in [0.15, 0.2) is 18.3 Å². The fourth-order valence-electron chi connectivity index (χ4n) is 1.85. The van der Waals surface area contributed by atoms with Gasteiger partial charge in [-0.15, -0.1) is 0 Å². The summed E-state index contributed by atoms with van der Waals surface area (Å²) in [5, 5.41) is 8.99. The molecule has 0 radical (unpaired) electrons. The number of aromatic nitrogens is 1. The number of nitrogens with zero attached hydrogens (tertiary/aromatic N) is 3. The van der Waals surface area contributed by atoms with Crippen LogP contribution in [-0.2, 0) is 0 Å². The van der Waals surface area contributed by atoms with E-state index in [4.69, 9.17) is 5.26 Å². The minimum atomic E-state index is 0.413. The summed E-state index contributed by atoms with van der Waals surface area (Å²) < 4.78 is 0. The second-order valence-corrected chi connectivity index (χ2v) is 4.57. The van der Waals surface area contributed by atoms with Gasteiger partial charge in [0.1, 0.15) is 6.07 Å². The summed E-state index contributed by atoms with van der Waals surface area (Å²) in [6.45, 7) is 6.59. The normalized spacial score (nSPS) is 12.2. The maximum atomic E-state index is 8.99. The second kappa shape index (κ2) is 5.50. The highest BCUT2D eigenvalue weighted by atomic mass is 15.1. The molecule has 0 N–H and O–H groups in total. The van der Waals surface area contributed by atoms with Gasteiger partial charge in [0.2, 0.25) is 0 Å². The highest BCUT2D eigenvalue weighted by molar-refractivity contribution is 5.55. The molecule has 1 aromatic rings. The third-order valence-corrected chi connectivity index (χ3v) is 2.75. The molecule has 1 heterocycles. The molecule has 1 unspecified atom stereocenters. The molecule has 0 amide bonds. The van der Waals surface area contributed by atoms with E-state index in [-0.39, 0.29) is 0 Å². The molecule has 1 atom stereocenters. The molecule has 0 fully saturated rings. The highest BCUT2D eigenvalue weighted by Crippen LogP contribution is 2.21. The lowest BCUT2D eigenvalue weighted by molar-refractivity contribution is 0.503. The minimum Gasteiger partial charge on any atom is -0.370 e. The number of rotatable bonds is 4. The van der Waals surface area contributed by atoms with Gasteiger partial charge in [-0.1, -0.05) is 13.8 Å². The van der Waals surface area contributed by atoms with Gasteiger partial charge in [-0.2, -0.15) is 5.26 Å². The Morgan fingerprint density at radius 2 is 2.12 bits per heavy atom. The van der Waals surface area contributed by atoms with Crippen molar-refractivity contribution in [3.05, 3.63) is 24.0 Å². The Bertz CT molecular complexity index is 379. The number of pyridine rings is 1. The van der Waals surface area contributed by atoms with Crippen molar-refractivity contribution >= 4 is 5.69 Å². The monoisotopic (exact) mass is 217 g/mol. The molecule has 86 valence electrons. The summed E-state index contributed by atoms with van der Waals surface area (Å²) in [6.07, 6.45) is 2.76. The second-order valence-electron chi connectivity index (χ2n) is 4.57. The fraction of sp³-hybridized carbons (Fsp3) is 0.538. The van der Waals surface area contributed by atoms with Crippen LogP contribution >= 0.6 is 0 Å². The summed E-state index contributed by atoms with van der Waals surface area (Å²) in [5.41, 5.74) is 1.42. The third-order valence-electron chi connectivity index (χ3n) is 2.75. The van der Waals surface area contributed by atoms with Crippen LogP contribution < -0.4 is 4.90 Å². The molecule has 1 rings (SSSR count). The van der Waals surface area contributed by atoms with Gasteiger partial charge in [0.05, 0.1) is 5.69 Å². The van der Waals surface area contributed by atoms with Crippen molar-refractivity contribution in [3.8, 4) is 6.07 Å². The largest absolute Gasteiger partial charge is 0.370 e. The number of anilines is 1. The number of nitriles is 1. The Kier molecular flexibility index (Phi) is 4.30. The van der Waals surface area contributed by atoms with Gasteiger partial charge < -0.3 is 4.90 Å². The predicted octanol–water partition coefficient (Wildman–Crippen LogP) is 2.82. The van der Waals surface area contributed by atoms with Crippen LogP contribution in [0.3, 0.4) is 0 Å². The minimum absolute atomic E-state index is 0.413. The van der Waals surface area contributed by atoms with Crippen LogP contribution in [0.5, 0.6) is 0 Å². The zero-order valence-corrected chi connectivity index (χ0v) is 10.4.